The lowest BCUT2D eigenvalue weighted by Crippen LogP contribution is -1.80. The molecule has 13 heavy (non-hydrogen) atoms. The van der Waals surface area contributed by atoms with Crippen LogP contribution in [0.4, 0.5) is 0 Å². The molecule has 1 nitrogen and oxygen atoms in total. The molecule has 0 bridgehead atoms. The molecule has 0 unspecified atom stereocenters. The van der Waals surface area contributed by atoms with Gasteiger partial charge in [-0.2, -0.15) is 0 Å². The molecule has 1 aromatic heterocycles. The van der Waals surface area contributed by atoms with Crippen molar-refractivity contribution in [2.75, 3.05) is 0 Å². The van der Waals surface area contributed by atoms with Crippen molar-refractivity contribution in [1.29, 1.82) is 0 Å². The summed E-state index contributed by atoms with van der Waals surface area (Å²) in [7, 11) is 1.98. The number of thiazole rings is 1. The number of rotatable bonds is 1. The molecule has 0 spiro atoms. The van der Waals surface area contributed by atoms with Gasteiger partial charge in [-0.3, -0.25) is 0 Å². The Balaban J connectivity index is 2.54. The molecule has 0 atom stereocenters. The molecule has 0 saturated heterocycles. The molecule has 0 amide bonds. The third-order valence-corrected chi connectivity index (χ3v) is 3.42. The van der Waals surface area contributed by atoms with Crippen LogP contribution in [0.1, 0.15) is 0 Å². The normalized spacial score (nSPS) is 10.2. The zero-order chi connectivity index (χ0) is 9.26. The van der Waals surface area contributed by atoms with Crippen LogP contribution in [-0.4, -0.2) is 4.57 Å². The SMILES string of the molecule is Cn1cc(-c2ccccc2)sc1=S. The van der Waals surface area contributed by atoms with Gasteiger partial charge >= 0.3 is 0 Å². The zero-order valence-electron chi connectivity index (χ0n) is 7.23. The molecular formula is C10H9NS2. The molecule has 0 fully saturated rings. The van der Waals surface area contributed by atoms with Gasteiger partial charge in [-0.1, -0.05) is 30.3 Å². The third kappa shape index (κ3) is 1.71. The van der Waals surface area contributed by atoms with Gasteiger partial charge in [0, 0.05) is 13.2 Å². The first-order valence-corrected chi connectivity index (χ1v) is 5.22. The van der Waals surface area contributed by atoms with Crippen molar-refractivity contribution in [2.45, 2.75) is 0 Å². The summed E-state index contributed by atoms with van der Waals surface area (Å²) in [6.07, 6.45) is 2.07. The minimum Gasteiger partial charge on any atom is -0.333 e. The predicted octanol–water partition coefficient (Wildman–Crippen LogP) is 3.48. The van der Waals surface area contributed by atoms with Gasteiger partial charge in [0.1, 0.15) is 0 Å². The maximum absolute atomic E-state index is 5.16. The molecule has 0 aliphatic rings. The van der Waals surface area contributed by atoms with E-state index in [1.807, 2.05) is 29.8 Å². The van der Waals surface area contributed by atoms with Gasteiger partial charge in [0.05, 0.1) is 4.88 Å². The number of benzene rings is 1. The monoisotopic (exact) mass is 207 g/mol. The highest BCUT2D eigenvalue weighted by Gasteiger charge is 1.99. The summed E-state index contributed by atoms with van der Waals surface area (Å²) in [6, 6.07) is 10.3. The highest BCUT2D eigenvalue weighted by molar-refractivity contribution is 7.73. The number of nitrogens with zero attached hydrogens (tertiary/aromatic N) is 1. The molecule has 1 aromatic carbocycles. The first kappa shape index (κ1) is 8.66. The lowest BCUT2D eigenvalue weighted by molar-refractivity contribution is 0.921. The summed E-state index contributed by atoms with van der Waals surface area (Å²) in [6.45, 7) is 0. The quantitative estimate of drug-likeness (QED) is 0.648. The van der Waals surface area contributed by atoms with Crippen molar-refractivity contribution >= 4 is 23.6 Å². The Kier molecular flexibility index (Phi) is 2.29. The van der Waals surface area contributed by atoms with E-state index in [-0.39, 0.29) is 0 Å². The second-order valence-corrected chi connectivity index (χ2v) is 4.51. The van der Waals surface area contributed by atoms with E-state index in [1.165, 1.54) is 10.4 Å². The average molecular weight is 207 g/mol. The fraction of sp³-hybridized carbons (Fsp3) is 0.100. The Morgan fingerprint density at radius 1 is 1.23 bits per heavy atom. The van der Waals surface area contributed by atoms with E-state index in [4.69, 9.17) is 12.2 Å². The van der Waals surface area contributed by atoms with Crippen LogP contribution in [0.15, 0.2) is 36.5 Å². The fourth-order valence-corrected chi connectivity index (χ4v) is 2.33. The molecule has 3 heteroatoms. The summed E-state index contributed by atoms with van der Waals surface area (Å²) in [5.74, 6) is 0. The van der Waals surface area contributed by atoms with Gasteiger partial charge in [0.25, 0.3) is 0 Å². The predicted molar refractivity (Wildman–Crippen MR) is 59.6 cm³/mol. The van der Waals surface area contributed by atoms with Crippen molar-refractivity contribution in [2.24, 2.45) is 7.05 Å². The van der Waals surface area contributed by atoms with E-state index < -0.39 is 0 Å². The van der Waals surface area contributed by atoms with Gasteiger partial charge in [0.2, 0.25) is 0 Å². The zero-order valence-corrected chi connectivity index (χ0v) is 8.86. The van der Waals surface area contributed by atoms with Crippen molar-refractivity contribution in [1.82, 2.24) is 4.57 Å². The minimum absolute atomic E-state index is 0.916. The van der Waals surface area contributed by atoms with E-state index in [0.717, 1.165) is 3.95 Å². The summed E-state index contributed by atoms with van der Waals surface area (Å²) in [5.41, 5.74) is 1.24. The van der Waals surface area contributed by atoms with Crippen LogP contribution < -0.4 is 0 Å². The molecule has 0 saturated carbocycles. The lowest BCUT2D eigenvalue weighted by Gasteiger charge is -1.93. The molecule has 0 radical (unpaired) electrons. The highest BCUT2D eigenvalue weighted by Crippen LogP contribution is 2.24. The van der Waals surface area contributed by atoms with E-state index in [0.29, 0.717) is 0 Å². The van der Waals surface area contributed by atoms with Crippen LogP contribution in [0.3, 0.4) is 0 Å². The van der Waals surface area contributed by atoms with E-state index in [1.54, 1.807) is 11.3 Å². The van der Waals surface area contributed by atoms with E-state index >= 15 is 0 Å². The summed E-state index contributed by atoms with van der Waals surface area (Å²) >= 11 is 6.80. The minimum atomic E-state index is 0.916. The van der Waals surface area contributed by atoms with Crippen molar-refractivity contribution in [3.8, 4) is 10.4 Å². The van der Waals surface area contributed by atoms with Crippen LogP contribution in [0.25, 0.3) is 10.4 Å². The highest BCUT2D eigenvalue weighted by atomic mass is 32.1. The molecule has 2 aromatic rings. The Hall–Kier alpha value is -0.930. The van der Waals surface area contributed by atoms with Gasteiger partial charge < -0.3 is 4.57 Å². The lowest BCUT2D eigenvalue weighted by atomic mass is 10.2. The van der Waals surface area contributed by atoms with Gasteiger partial charge in [-0.05, 0) is 17.8 Å². The number of hydrogen-bond acceptors (Lipinski definition) is 2. The molecule has 1 heterocycles. The van der Waals surface area contributed by atoms with E-state index in [2.05, 4.69) is 18.3 Å². The maximum atomic E-state index is 5.16. The fourth-order valence-electron chi connectivity index (χ4n) is 1.16. The maximum Gasteiger partial charge on any atom is 0.161 e. The summed E-state index contributed by atoms with van der Waals surface area (Å²) in [4.78, 5) is 1.23. The molecule has 0 N–H and O–H groups in total. The van der Waals surface area contributed by atoms with Crippen LogP contribution >= 0.6 is 23.6 Å². The average Bonchev–Trinajstić information content (AvgIpc) is 2.49. The third-order valence-electron chi connectivity index (χ3n) is 1.85. The van der Waals surface area contributed by atoms with Crippen molar-refractivity contribution in [3.63, 3.8) is 0 Å². The standard InChI is InChI=1S/C10H9NS2/c1-11-7-9(13-10(11)12)8-5-3-2-4-6-8/h2-7H,1H3. The van der Waals surface area contributed by atoms with Crippen molar-refractivity contribution in [3.05, 3.63) is 40.5 Å². The molecule has 0 aliphatic heterocycles. The van der Waals surface area contributed by atoms with E-state index in [9.17, 15) is 0 Å². The van der Waals surface area contributed by atoms with Crippen LogP contribution in [0.2, 0.25) is 0 Å². The second-order valence-electron chi connectivity index (χ2n) is 2.84. The van der Waals surface area contributed by atoms with Gasteiger partial charge in [-0.25, -0.2) is 0 Å². The van der Waals surface area contributed by atoms with Gasteiger partial charge in [0.15, 0.2) is 3.95 Å². The Bertz CT molecular complexity index is 453. The smallest absolute Gasteiger partial charge is 0.161 e. The topological polar surface area (TPSA) is 4.93 Å². The second kappa shape index (κ2) is 3.44. The Morgan fingerprint density at radius 2 is 1.92 bits per heavy atom. The van der Waals surface area contributed by atoms with Crippen LogP contribution in [-0.2, 0) is 7.05 Å². The van der Waals surface area contributed by atoms with Gasteiger partial charge in [-0.15, -0.1) is 11.3 Å². The number of hydrogen-bond donors (Lipinski definition) is 0. The van der Waals surface area contributed by atoms with Crippen molar-refractivity contribution < 1.29 is 0 Å². The molecule has 66 valence electrons. The number of aryl methyl sites for hydroxylation is 1. The number of aromatic nitrogens is 1. The summed E-state index contributed by atoms with van der Waals surface area (Å²) < 4.78 is 2.89. The summed E-state index contributed by atoms with van der Waals surface area (Å²) in [5, 5.41) is 0. The van der Waals surface area contributed by atoms with Crippen LogP contribution in [0.5, 0.6) is 0 Å². The Morgan fingerprint density at radius 3 is 2.46 bits per heavy atom. The molecular weight excluding hydrogens is 198 g/mol. The Labute approximate surface area is 86.3 Å². The first-order chi connectivity index (χ1) is 6.27. The molecule has 2 rings (SSSR count). The van der Waals surface area contributed by atoms with Crippen LogP contribution in [0, 0.1) is 3.95 Å². The molecule has 0 aliphatic carbocycles. The first-order valence-electron chi connectivity index (χ1n) is 3.99. The largest absolute Gasteiger partial charge is 0.333 e.